The van der Waals surface area contributed by atoms with Crippen LogP contribution in [-0.2, 0) is 4.43 Å². The van der Waals surface area contributed by atoms with Crippen LogP contribution in [0.3, 0.4) is 0 Å². The average Bonchev–Trinajstić information content (AvgIpc) is 2.33. The highest BCUT2D eigenvalue weighted by molar-refractivity contribution is 6.74. The van der Waals surface area contributed by atoms with Crippen LogP contribution in [0.25, 0.3) is 0 Å². The van der Waals surface area contributed by atoms with Crippen LogP contribution < -0.4 is 4.74 Å². The van der Waals surface area contributed by atoms with Gasteiger partial charge in [-0.25, -0.2) is 0 Å². The molecular weight excluding hydrogens is 256 g/mol. The van der Waals surface area contributed by atoms with E-state index in [2.05, 4.69) is 33.9 Å². The van der Waals surface area contributed by atoms with Gasteiger partial charge in [0.25, 0.3) is 0 Å². The number of carbonyl (C=O) groups excluding carboxylic acids is 1. The van der Waals surface area contributed by atoms with Crippen molar-refractivity contribution >= 4 is 14.1 Å². The maximum atomic E-state index is 12.2. The van der Waals surface area contributed by atoms with Gasteiger partial charge in [0.2, 0.25) is 0 Å². The highest BCUT2D eigenvalue weighted by atomic mass is 28.4. The summed E-state index contributed by atoms with van der Waals surface area (Å²) >= 11 is 0. The Labute approximate surface area is 116 Å². The first-order chi connectivity index (χ1) is 8.69. The first-order valence-electron chi connectivity index (χ1n) is 6.58. The van der Waals surface area contributed by atoms with Crippen LogP contribution in [0, 0.1) is 0 Å². The highest BCUT2D eigenvalue weighted by Crippen LogP contribution is 2.47. The minimum atomic E-state index is -1.96. The smallest absolute Gasteiger partial charge is 0.195 e. The van der Waals surface area contributed by atoms with Gasteiger partial charge < -0.3 is 9.16 Å². The Kier molecular flexibility index (Phi) is 3.35. The summed E-state index contributed by atoms with van der Waals surface area (Å²) in [5.74, 6) is 0.833. The predicted octanol–water partition coefficient (Wildman–Crippen LogP) is 3.95. The number of ketones is 1. The number of carbonyl (C=O) groups is 1. The molecule has 0 fully saturated rings. The van der Waals surface area contributed by atoms with Gasteiger partial charge in [0.1, 0.15) is 11.9 Å². The van der Waals surface area contributed by atoms with Crippen LogP contribution in [-0.4, -0.2) is 21.2 Å². The summed E-state index contributed by atoms with van der Waals surface area (Å²) in [5.41, 5.74) is 1.66. The molecule has 0 saturated heterocycles. The summed E-state index contributed by atoms with van der Waals surface area (Å²) in [6, 6.07) is 5.57. The monoisotopic (exact) mass is 278 g/mol. The van der Waals surface area contributed by atoms with Gasteiger partial charge in [-0.2, -0.15) is 0 Å². The standard InChI is InChI=1S/C15H22O3Si/c1-15(2,3)19(5,6)18-14-12-10(13(14)16)8-7-9-11(12)17-4/h7-9,14H,1-6H3. The van der Waals surface area contributed by atoms with Gasteiger partial charge in [-0.3, -0.25) is 4.79 Å². The SMILES string of the molecule is COc1cccc2c1C(O[Si](C)(C)C(C)(C)C)C2=O. The lowest BCUT2D eigenvalue weighted by molar-refractivity contribution is 0.0689. The molecule has 1 aliphatic carbocycles. The Morgan fingerprint density at radius 3 is 2.37 bits per heavy atom. The van der Waals surface area contributed by atoms with Gasteiger partial charge in [-0.1, -0.05) is 32.9 Å². The zero-order chi connectivity index (χ0) is 14.4. The van der Waals surface area contributed by atoms with E-state index in [-0.39, 0.29) is 10.8 Å². The van der Waals surface area contributed by atoms with Gasteiger partial charge in [0.15, 0.2) is 14.1 Å². The first-order valence-corrected chi connectivity index (χ1v) is 9.49. The highest BCUT2D eigenvalue weighted by Gasteiger charge is 2.47. The molecule has 1 unspecified atom stereocenters. The van der Waals surface area contributed by atoms with E-state index >= 15 is 0 Å². The van der Waals surface area contributed by atoms with Crippen molar-refractivity contribution in [3.05, 3.63) is 29.3 Å². The molecule has 0 spiro atoms. The summed E-state index contributed by atoms with van der Waals surface area (Å²) in [7, 11) is -0.333. The molecule has 3 nitrogen and oxygen atoms in total. The summed E-state index contributed by atoms with van der Waals surface area (Å²) in [4.78, 5) is 12.2. The summed E-state index contributed by atoms with van der Waals surface area (Å²) in [5, 5.41) is 0.0883. The van der Waals surface area contributed by atoms with E-state index < -0.39 is 14.4 Å². The molecule has 0 aliphatic heterocycles. The van der Waals surface area contributed by atoms with Crippen molar-refractivity contribution in [3.8, 4) is 5.75 Å². The lowest BCUT2D eigenvalue weighted by atomic mass is 9.83. The molecular formula is C15H22O3Si. The van der Waals surface area contributed by atoms with Crippen molar-refractivity contribution in [2.24, 2.45) is 0 Å². The van der Waals surface area contributed by atoms with Crippen molar-refractivity contribution in [1.29, 1.82) is 0 Å². The van der Waals surface area contributed by atoms with Crippen LogP contribution in [0.4, 0.5) is 0 Å². The van der Waals surface area contributed by atoms with E-state index in [1.165, 1.54) is 0 Å². The molecule has 104 valence electrons. The fraction of sp³-hybridized carbons (Fsp3) is 0.533. The van der Waals surface area contributed by atoms with Crippen LogP contribution >= 0.6 is 0 Å². The van der Waals surface area contributed by atoms with Crippen LogP contribution in [0.1, 0.15) is 42.8 Å². The van der Waals surface area contributed by atoms with Gasteiger partial charge in [0, 0.05) is 11.1 Å². The van der Waals surface area contributed by atoms with Gasteiger partial charge >= 0.3 is 0 Å². The molecule has 0 aromatic heterocycles. The van der Waals surface area contributed by atoms with Crippen molar-refractivity contribution in [1.82, 2.24) is 0 Å². The fourth-order valence-corrected chi connectivity index (χ4v) is 3.15. The lowest BCUT2D eigenvalue weighted by Crippen LogP contribution is -2.45. The summed E-state index contributed by atoms with van der Waals surface area (Å²) in [6.07, 6.45) is -0.438. The third-order valence-corrected chi connectivity index (χ3v) is 8.71. The van der Waals surface area contributed by atoms with Crippen molar-refractivity contribution in [3.63, 3.8) is 0 Å². The number of ether oxygens (including phenoxy) is 1. The Balaban J connectivity index is 2.32. The predicted molar refractivity (Wildman–Crippen MR) is 78.3 cm³/mol. The molecule has 0 saturated carbocycles. The maximum absolute atomic E-state index is 12.2. The van der Waals surface area contributed by atoms with Crippen molar-refractivity contribution in [2.45, 2.75) is 45.0 Å². The second kappa shape index (κ2) is 4.46. The fourth-order valence-electron chi connectivity index (χ4n) is 1.99. The van der Waals surface area contributed by atoms with E-state index in [1.807, 2.05) is 18.2 Å². The van der Waals surface area contributed by atoms with Crippen molar-refractivity contribution in [2.75, 3.05) is 7.11 Å². The number of rotatable bonds is 3. The third-order valence-electron chi connectivity index (χ3n) is 4.27. The largest absolute Gasteiger partial charge is 0.496 e. The third kappa shape index (κ3) is 2.23. The molecule has 1 aromatic rings. The Hall–Kier alpha value is -1.13. The van der Waals surface area contributed by atoms with E-state index in [0.29, 0.717) is 0 Å². The van der Waals surface area contributed by atoms with E-state index in [1.54, 1.807) is 7.11 Å². The Bertz CT molecular complexity index is 515. The number of Topliss-reactive ketones (excluding diaryl/α,β-unsaturated/α-hetero) is 1. The minimum absolute atomic E-state index is 0.0822. The molecule has 0 N–H and O–H groups in total. The molecule has 1 aromatic carbocycles. The first kappa shape index (κ1) is 14.3. The second-order valence-electron chi connectivity index (χ2n) is 6.54. The molecule has 4 heteroatoms. The minimum Gasteiger partial charge on any atom is -0.496 e. The number of benzene rings is 1. The normalized spacial score (nSPS) is 18.8. The van der Waals surface area contributed by atoms with E-state index in [0.717, 1.165) is 16.9 Å². The zero-order valence-corrected chi connectivity index (χ0v) is 13.5. The molecule has 0 radical (unpaired) electrons. The van der Waals surface area contributed by atoms with Crippen LogP contribution in [0.15, 0.2) is 18.2 Å². The average molecular weight is 278 g/mol. The molecule has 1 atom stereocenters. The maximum Gasteiger partial charge on any atom is 0.195 e. The second-order valence-corrected chi connectivity index (χ2v) is 11.3. The molecule has 0 amide bonds. The number of hydrogen-bond acceptors (Lipinski definition) is 3. The van der Waals surface area contributed by atoms with Crippen molar-refractivity contribution < 1.29 is 14.0 Å². The number of fused-ring (bicyclic) bond motifs is 1. The Morgan fingerprint density at radius 2 is 1.84 bits per heavy atom. The molecule has 2 rings (SSSR count). The topological polar surface area (TPSA) is 35.5 Å². The summed E-state index contributed by atoms with van der Waals surface area (Å²) in [6.45, 7) is 10.8. The molecule has 1 aliphatic rings. The Morgan fingerprint density at radius 1 is 1.21 bits per heavy atom. The quantitative estimate of drug-likeness (QED) is 0.785. The number of hydrogen-bond donors (Lipinski definition) is 0. The zero-order valence-electron chi connectivity index (χ0n) is 12.5. The van der Waals surface area contributed by atoms with Gasteiger partial charge in [-0.15, -0.1) is 0 Å². The van der Waals surface area contributed by atoms with Crippen LogP contribution in [0.5, 0.6) is 5.75 Å². The van der Waals surface area contributed by atoms with E-state index in [4.69, 9.17) is 9.16 Å². The van der Waals surface area contributed by atoms with Crippen LogP contribution in [0.2, 0.25) is 18.1 Å². The lowest BCUT2D eigenvalue weighted by Gasteiger charge is -2.42. The van der Waals surface area contributed by atoms with Gasteiger partial charge in [-0.05, 0) is 24.2 Å². The van der Waals surface area contributed by atoms with Gasteiger partial charge in [0.05, 0.1) is 7.11 Å². The molecule has 0 bridgehead atoms. The number of methoxy groups -OCH3 is 1. The summed E-state index contributed by atoms with van der Waals surface area (Å²) < 4.78 is 11.6. The molecule has 0 heterocycles. The van der Waals surface area contributed by atoms with E-state index in [9.17, 15) is 4.79 Å². The molecule has 19 heavy (non-hydrogen) atoms.